The SMILES string of the molecule is CN(C)c1csc(N(C(N)=O)c2ccccc2)n1. The summed E-state index contributed by atoms with van der Waals surface area (Å²) < 4.78 is 0. The Morgan fingerprint density at radius 2 is 1.94 bits per heavy atom. The number of thiazole rings is 1. The molecule has 0 spiro atoms. The fourth-order valence-corrected chi connectivity index (χ4v) is 2.39. The summed E-state index contributed by atoms with van der Waals surface area (Å²) in [7, 11) is 3.80. The van der Waals surface area contributed by atoms with Crippen LogP contribution in [-0.4, -0.2) is 25.1 Å². The summed E-state index contributed by atoms with van der Waals surface area (Å²) in [5, 5.41) is 2.45. The number of rotatable bonds is 3. The van der Waals surface area contributed by atoms with Crippen LogP contribution in [-0.2, 0) is 0 Å². The van der Waals surface area contributed by atoms with E-state index in [2.05, 4.69) is 4.98 Å². The molecule has 1 aromatic carbocycles. The van der Waals surface area contributed by atoms with Crippen molar-refractivity contribution in [2.75, 3.05) is 23.9 Å². The average molecular weight is 262 g/mol. The van der Waals surface area contributed by atoms with Crippen molar-refractivity contribution >= 4 is 34.0 Å². The fraction of sp³-hybridized carbons (Fsp3) is 0.167. The molecule has 0 saturated carbocycles. The summed E-state index contributed by atoms with van der Waals surface area (Å²) in [6, 6.07) is 8.69. The van der Waals surface area contributed by atoms with Gasteiger partial charge in [0.1, 0.15) is 5.82 Å². The number of urea groups is 1. The number of benzene rings is 1. The van der Waals surface area contributed by atoms with E-state index in [4.69, 9.17) is 5.73 Å². The quantitative estimate of drug-likeness (QED) is 0.924. The number of carbonyl (C=O) groups excluding carboxylic acids is 1. The summed E-state index contributed by atoms with van der Waals surface area (Å²) in [6.07, 6.45) is 0. The first-order valence-corrected chi connectivity index (χ1v) is 6.25. The van der Waals surface area contributed by atoms with Gasteiger partial charge in [-0.25, -0.2) is 14.7 Å². The van der Waals surface area contributed by atoms with Gasteiger partial charge in [-0.2, -0.15) is 0 Å². The van der Waals surface area contributed by atoms with Gasteiger partial charge in [-0.1, -0.05) is 18.2 Å². The van der Waals surface area contributed by atoms with Crippen molar-refractivity contribution in [3.63, 3.8) is 0 Å². The van der Waals surface area contributed by atoms with E-state index in [-0.39, 0.29) is 0 Å². The van der Waals surface area contributed by atoms with Crippen LogP contribution in [0.15, 0.2) is 35.7 Å². The van der Waals surface area contributed by atoms with Crippen molar-refractivity contribution in [1.82, 2.24) is 4.98 Å². The lowest BCUT2D eigenvalue weighted by atomic mass is 10.3. The van der Waals surface area contributed by atoms with Crippen molar-refractivity contribution in [1.29, 1.82) is 0 Å². The van der Waals surface area contributed by atoms with E-state index in [1.807, 2.05) is 54.7 Å². The van der Waals surface area contributed by atoms with Crippen LogP contribution in [0.1, 0.15) is 0 Å². The zero-order valence-electron chi connectivity index (χ0n) is 10.2. The molecule has 1 aromatic heterocycles. The van der Waals surface area contributed by atoms with Gasteiger partial charge in [0.15, 0.2) is 5.13 Å². The second kappa shape index (κ2) is 5.05. The van der Waals surface area contributed by atoms with Crippen molar-refractivity contribution in [3.8, 4) is 0 Å². The van der Waals surface area contributed by atoms with Gasteiger partial charge in [0, 0.05) is 19.5 Å². The maximum Gasteiger partial charge on any atom is 0.325 e. The second-order valence-corrected chi connectivity index (χ2v) is 4.73. The molecule has 0 aliphatic rings. The lowest BCUT2D eigenvalue weighted by Gasteiger charge is -2.17. The molecule has 0 aliphatic carbocycles. The number of amides is 2. The maximum atomic E-state index is 11.6. The van der Waals surface area contributed by atoms with Crippen molar-refractivity contribution in [3.05, 3.63) is 35.7 Å². The zero-order valence-corrected chi connectivity index (χ0v) is 11.0. The Labute approximate surface area is 109 Å². The Morgan fingerprint density at radius 1 is 1.28 bits per heavy atom. The molecule has 0 atom stereocenters. The molecule has 2 rings (SSSR count). The topological polar surface area (TPSA) is 62.5 Å². The van der Waals surface area contributed by atoms with E-state index >= 15 is 0 Å². The van der Waals surface area contributed by atoms with E-state index < -0.39 is 6.03 Å². The van der Waals surface area contributed by atoms with Crippen LogP contribution in [0, 0.1) is 0 Å². The molecule has 2 N–H and O–H groups in total. The highest BCUT2D eigenvalue weighted by Crippen LogP contribution is 2.30. The molecule has 0 saturated heterocycles. The lowest BCUT2D eigenvalue weighted by Crippen LogP contribution is -2.31. The highest BCUT2D eigenvalue weighted by molar-refractivity contribution is 7.14. The third-order valence-corrected chi connectivity index (χ3v) is 3.18. The Bertz CT molecular complexity index is 538. The van der Waals surface area contributed by atoms with Crippen LogP contribution < -0.4 is 15.5 Å². The molecular weight excluding hydrogens is 248 g/mol. The Kier molecular flexibility index (Phi) is 3.47. The summed E-state index contributed by atoms with van der Waals surface area (Å²) >= 11 is 1.38. The van der Waals surface area contributed by atoms with Gasteiger partial charge in [-0.3, -0.25) is 0 Å². The number of hydrogen-bond acceptors (Lipinski definition) is 4. The first kappa shape index (κ1) is 12.4. The number of primary amides is 1. The third-order valence-electron chi connectivity index (χ3n) is 2.36. The number of aromatic nitrogens is 1. The number of para-hydroxylation sites is 1. The predicted molar refractivity (Wildman–Crippen MR) is 74.6 cm³/mol. The molecule has 2 aromatic rings. The monoisotopic (exact) mass is 262 g/mol. The van der Waals surface area contributed by atoms with Crippen LogP contribution in [0.4, 0.5) is 21.4 Å². The minimum atomic E-state index is -0.541. The number of anilines is 3. The first-order chi connectivity index (χ1) is 8.59. The van der Waals surface area contributed by atoms with Gasteiger partial charge in [0.25, 0.3) is 0 Å². The minimum Gasteiger partial charge on any atom is -0.362 e. The molecule has 0 bridgehead atoms. The highest BCUT2D eigenvalue weighted by atomic mass is 32.1. The van der Waals surface area contributed by atoms with Crippen molar-refractivity contribution in [2.45, 2.75) is 0 Å². The molecule has 5 nitrogen and oxygen atoms in total. The minimum absolute atomic E-state index is 0.541. The Morgan fingerprint density at radius 3 is 2.44 bits per heavy atom. The first-order valence-electron chi connectivity index (χ1n) is 5.37. The van der Waals surface area contributed by atoms with Crippen LogP contribution in [0.5, 0.6) is 0 Å². The zero-order chi connectivity index (χ0) is 13.1. The molecule has 0 radical (unpaired) electrons. The molecule has 18 heavy (non-hydrogen) atoms. The second-order valence-electron chi connectivity index (χ2n) is 3.89. The van der Waals surface area contributed by atoms with Crippen molar-refractivity contribution in [2.24, 2.45) is 5.73 Å². The van der Waals surface area contributed by atoms with E-state index in [1.54, 1.807) is 0 Å². The normalized spacial score (nSPS) is 10.1. The highest BCUT2D eigenvalue weighted by Gasteiger charge is 2.18. The van der Waals surface area contributed by atoms with Gasteiger partial charge in [0.2, 0.25) is 0 Å². The van der Waals surface area contributed by atoms with Gasteiger partial charge >= 0.3 is 6.03 Å². The lowest BCUT2D eigenvalue weighted by molar-refractivity contribution is 0.256. The third kappa shape index (κ3) is 2.43. The van der Waals surface area contributed by atoms with Crippen molar-refractivity contribution < 1.29 is 4.79 Å². The van der Waals surface area contributed by atoms with Crippen LogP contribution >= 0.6 is 11.3 Å². The summed E-state index contributed by atoms with van der Waals surface area (Å²) in [6.45, 7) is 0. The molecule has 0 aliphatic heterocycles. The number of nitrogens with zero attached hydrogens (tertiary/aromatic N) is 3. The van der Waals surface area contributed by atoms with Gasteiger partial charge in [-0.15, -0.1) is 11.3 Å². The van der Waals surface area contributed by atoms with Crippen LogP contribution in [0.2, 0.25) is 0 Å². The van der Waals surface area contributed by atoms with Gasteiger partial charge in [-0.05, 0) is 12.1 Å². The molecule has 0 fully saturated rings. The number of nitrogens with two attached hydrogens (primary N) is 1. The van der Waals surface area contributed by atoms with E-state index in [9.17, 15) is 4.79 Å². The molecule has 1 heterocycles. The number of hydrogen-bond donors (Lipinski definition) is 1. The number of carbonyl (C=O) groups is 1. The van der Waals surface area contributed by atoms with Crippen LogP contribution in [0.25, 0.3) is 0 Å². The van der Waals surface area contributed by atoms with E-state index in [0.29, 0.717) is 10.8 Å². The molecule has 2 amide bonds. The Balaban J connectivity index is 2.39. The molecule has 94 valence electrons. The Hall–Kier alpha value is -2.08. The largest absolute Gasteiger partial charge is 0.362 e. The summed E-state index contributed by atoms with van der Waals surface area (Å²) in [5.74, 6) is 0.803. The molecule has 6 heteroatoms. The molecule has 0 unspecified atom stereocenters. The fourth-order valence-electron chi connectivity index (χ4n) is 1.47. The van der Waals surface area contributed by atoms with Gasteiger partial charge in [0.05, 0.1) is 5.69 Å². The average Bonchev–Trinajstić information content (AvgIpc) is 2.79. The molecular formula is C12H14N4OS. The van der Waals surface area contributed by atoms with E-state index in [1.165, 1.54) is 16.2 Å². The summed E-state index contributed by atoms with van der Waals surface area (Å²) in [4.78, 5) is 19.2. The van der Waals surface area contributed by atoms with Gasteiger partial charge < -0.3 is 10.6 Å². The maximum absolute atomic E-state index is 11.6. The van der Waals surface area contributed by atoms with E-state index in [0.717, 1.165) is 5.82 Å². The smallest absolute Gasteiger partial charge is 0.325 e. The summed E-state index contributed by atoms with van der Waals surface area (Å²) in [5.41, 5.74) is 6.14. The standard InChI is InChI=1S/C12H14N4OS/c1-15(2)10-8-18-12(14-10)16(11(13)17)9-6-4-3-5-7-9/h3-8H,1-2H3,(H2,13,17). The van der Waals surface area contributed by atoms with Crippen LogP contribution in [0.3, 0.4) is 0 Å². The predicted octanol–water partition coefficient (Wildman–Crippen LogP) is 2.43.